The minimum Gasteiger partial charge on any atom is -0.495 e. The average Bonchev–Trinajstić information content (AvgIpc) is 2.62. The van der Waals surface area contributed by atoms with Crippen molar-refractivity contribution in [2.24, 2.45) is 0 Å². The molecule has 0 aliphatic rings. The molecule has 9 heteroatoms. The van der Waals surface area contributed by atoms with E-state index in [1.807, 2.05) is 19.0 Å². The summed E-state index contributed by atoms with van der Waals surface area (Å²) < 4.78 is 5.23. The maximum atomic E-state index is 12.2. The monoisotopic (exact) mass is 358 g/mol. The van der Waals surface area contributed by atoms with Gasteiger partial charge < -0.3 is 20.3 Å². The fourth-order valence-corrected chi connectivity index (χ4v) is 2.08. The van der Waals surface area contributed by atoms with Crippen molar-refractivity contribution in [2.45, 2.75) is 0 Å². The summed E-state index contributed by atoms with van der Waals surface area (Å²) in [6.45, 7) is 1.25. The molecule has 1 aromatic heterocycles. The second-order valence-corrected chi connectivity index (χ2v) is 5.64. The van der Waals surface area contributed by atoms with Gasteiger partial charge in [-0.1, -0.05) is 0 Å². The summed E-state index contributed by atoms with van der Waals surface area (Å²) in [6, 6.07) is 4.29. The number of hydrogen-bond donors (Lipinski definition) is 3. The number of carbonyl (C=O) groups excluding carboxylic acids is 2. The first-order valence-corrected chi connectivity index (χ1v) is 7.94. The van der Waals surface area contributed by atoms with E-state index in [2.05, 4.69) is 25.9 Å². The Bertz CT molecular complexity index is 751. The van der Waals surface area contributed by atoms with Crippen molar-refractivity contribution < 1.29 is 14.3 Å². The minimum atomic E-state index is -0.519. The van der Waals surface area contributed by atoms with E-state index in [0.29, 0.717) is 29.4 Å². The van der Waals surface area contributed by atoms with Gasteiger partial charge in [0.05, 0.1) is 19.0 Å². The molecule has 1 heterocycles. The molecule has 0 unspecified atom stereocenters. The number of amides is 3. The molecule has 3 amide bonds. The first-order valence-electron chi connectivity index (χ1n) is 7.94. The summed E-state index contributed by atoms with van der Waals surface area (Å²) in [7, 11) is 5.34. The lowest BCUT2D eigenvalue weighted by molar-refractivity contribution is 0.0951. The maximum Gasteiger partial charge on any atom is 0.324 e. The number of nitrogens with zero attached hydrogens (tertiary/aromatic N) is 3. The second kappa shape index (κ2) is 9.33. The summed E-state index contributed by atoms with van der Waals surface area (Å²) in [5.41, 5.74) is 0.786. The molecule has 0 bridgehead atoms. The molecule has 2 aromatic rings. The van der Waals surface area contributed by atoms with Gasteiger partial charge in [0.2, 0.25) is 0 Å². The van der Waals surface area contributed by atoms with Crippen molar-refractivity contribution in [2.75, 3.05) is 44.9 Å². The second-order valence-electron chi connectivity index (χ2n) is 5.64. The number of carbonyl (C=O) groups is 2. The van der Waals surface area contributed by atoms with Crippen molar-refractivity contribution in [3.8, 4) is 5.75 Å². The van der Waals surface area contributed by atoms with E-state index in [1.54, 1.807) is 18.2 Å². The van der Waals surface area contributed by atoms with E-state index in [4.69, 9.17) is 4.74 Å². The Morgan fingerprint density at radius 2 is 2.00 bits per heavy atom. The first-order chi connectivity index (χ1) is 12.5. The lowest BCUT2D eigenvalue weighted by Gasteiger charge is -2.13. The normalized spacial score (nSPS) is 10.3. The van der Waals surface area contributed by atoms with Crippen LogP contribution in [0.4, 0.5) is 16.3 Å². The van der Waals surface area contributed by atoms with Crippen LogP contribution >= 0.6 is 0 Å². The molecule has 0 saturated carbocycles. The molecule has 0 saturated heterocycles. The van der Waals surface area contributed by atoms with E-state index in [0.717, 1.165) is 6.54 Å². The summed E-state index contributed by atoms with van der Waals surface area (Å²) in [5, 5.41) is 8.02. The van der Waals surface area contributed by atoms with Crippen LogP contribution in [0.1, 0.15) is 10.4 Å². The Morgan fingerprint density at radius 1 is 1.19 bits per heavy atom. The van der Waals surface area contributed by atoms with Gasteiger partial charge in [-0.2, -0.15) is 0 Å². The number of benzene rings is 1. The maximum absolute atomic E-state index is 12.2. The van der Waals surface area contributed by atoms with Gasteiger partial charge in [-0.15, -0.1) is 0 Å². The highest BCUT2D eigenvalue weighted by atomic mass is 16.5. The Labute approximate surface area is 151 Å². The van der Waals surface area contributed by atoms with Crippen LogP contribution in [-0.4, -0.2) is 61.1 Å². The van der Waals surface area contributed by atoms with Gasteiger partial charge in [0.25, 0.3) is 5.91 Å². The highest BCUT2D eigenvalue weighted by Crippen LogP contribution is 2.25. The van der Waals surface area contributed by atoms with Gasteiger partial charge >= 0.3 is 6.03 Å². The van der Waals surface area contributed by atoms with E-state index >= 15 is 0 Å². The number of likely N-dealkylation sites (N-methyl/N-ethyl adjacent to an activating group) is 1. The Balaban J connectivity index is 2.06. The molecule has 0 spiro atoms. The average molecular weight is 358 g/mol. The highest BCUT2D eigenvalue weighted by Gasteiger charge is 2.13. The van der Waals surface area contributed by atoms with Crippen molar-refractivity contribution >= 4 is 23.4 Å². The number of rotatable bonds is 7. The third-order valence-corrected chi connectivity index (χ3v) is 3.36. The van der Waals surface area contributed by atoms with Crippen LogP contribution < -0.4 is 20.7 Å². The van der Waals surface area contributed by atoms with Crippen molar-refractivity contribution in [3.63, 3.8) is 0 Å². The first kappa shape index (κ1) is 19.1. The molecule has 0 fully saturated rings. The van der Waals surface area contributed by atoms with Gasteiger partial charge in [-0.05, 0) is 32.3 Å². The summed E-state index contributed by atoms with van der Waals surface area (Å²) in [6.07, 6.45) is 4.39. The third kappa shape index (κ3) is 5.71. The van der Waals surface area contributed by atoms with Crippen molar-refractivity contribution in [1.29, 1.82) is 0 Å². The molecule has 0 atom stereocenters. The molecular weight excluding hydrogens is 336 g/mol. The zero-order valence-corrected chi connectivity index (χ0v) is 14.9. The van der Waals surface area contributed by atoms with Gasteiger partial charge in [0, 0.05) is 31.0 Å². The fourth-order valence-electron chi connectivity index (χ4n) is 2.08. The van der Waals surface area contributed by atoms with Crippen LogP contribution in [0.25, 0.3) is 0 Å². The fraction of sp³-hybridized carbons (Fsp3) is 0.294. The van der Waals surface area contributed by atoms with Crippen LogP contribution in [0, 0.1) is 0 Å². The number of ether oxygens (including phenoxy) is 1. The number of methoxy groups -OCH3 is 1. The molecule has 1 aromatic carbocycles. The number of urea groups is 1. The standard InChI is InChI=1S/C17H22N6O3/c1-23(2)9-8-20-16(24)12-4-5-14(26-3)13(10-12)21-17(25)22-15-11-18-6-7-19-15/h4-7,10-11H,8-9H2,1-3H3,(H,20,24)(H2,19,21,22,25). The van der Waals surface area contributed by atoms with Gasteiger partial charge in [0.1, 0.15) is 5.75 Å². The molecule has 0 aliphatic heterocycles. The largest absolute Gasteiger partial charge is 0.495 e. The lowest BCUT2D eigenvalue weighted by atomic mass is 10.1. The SMILES string of the molecule is COc1ccc(C(=O)NCCN(C)C)cc1NC(=O)Nc1cnccn1. The number of nitrogens with one attached hydrogen (secondary N) is 3. The van der Waals surface area contributed by atoms with Gasteiger partial charge in [0.15, 0.2) is 5.82 Å². The number of anilines is 2. The van der Waals surface area contributed by atoms with Crippen LogP contribution in [0.5, 0.6) is 5.75 Å². The van der Waals surface area contributed by atoms with Crippen LogP contribution in [0.3, 0.4) is 0 Å². The number of hydrogen-bond acceptors (Lipinski definition) is 6. The van der Waals surface area contributed by atoms with Crippen molar-refractivity contribution in [1.82, 2.24) is 20.2 Å². The third-order valence-electron chi connectivity index (χ3n) is 3.36. The quantitative estimate of drug-likeness (QED) is 0.691. The Hall–Kier alpha value is -3.20. The smallest absolute Gasteiger partial charge is 0.324 e. The molecule has 9 nitrogen and oxygen atoms in total. The zero-order valence-electron chi connectivity index (χ0n) is 14.9. The van der Waals surface area contributed by atoms with Crippen LogP contribution in [-0.2, 0) is 0 Å². The minimum absolute atomic E-state index is 0.230. The molecule has 0 radical (unpaired) electrons. The number of aromatic nitrogens is 2. The summed E-state index contributed by atoms with van der Waals surface area (Å²) in [5.74, 6) is 0.512. The topological polar surface area (TPSA) is 108 Å². The predicted molar refractivity (Wildman–Crippen MR) is 98.6 cm³/mol. The van der Waals surface area contributed by atoms with E-state index in [1.165, 1.54) is 25.7 Å². The van der Waals surface area contributed by atoms with Crippen LogP contribution in [0.15, 0.2) is 36.8 Å². The van der Waals surface area contributed by atoms with Crippen LogP contribution in [0.2, 0.25) is 0 Å². The lowest BCUT2D eigenvalue weighted by Crippen LogP contribution is -2.31. The summed E-state index contributed by atoms with van der Waals surface area (Å²) >= 11 is 0. The van der Waals surface area contributed by atoms with E-state index < -0.39 is 6.03 Å². The molecular formula is C17H22N6O3. The molecule has 138 valence electrons. The Kier molecular flexibility index (Phi) is 6.86. The zero-order chi connectivity index (χ0) is 18.9. The highest BCUT2D eigenvalue weighted by molar-refractivity contribution is 6.02. The molecule has 2 rings (SSSR count). The van der Waals surface area contributed by atoms with Gasteiger partial charge in [-0.3, -0.25) is 15.1 Å². The predicted octanol–water partition coefficient (Wildman–Crippen LogP) is 1.42. The Morgan fingerprint density at radius 3 is 2.65 bits per heavy atom. The summed E-state index contributed by atoms with van der Waals surface area (Å²) in [4.78, 5) is 34.2. The van der Waals surface area contributed by atoms with Gasteiger partial charge in [-0.25, -0.2) is 9.78 Å². The molecule has 0 aliphatic carbocycles. The molecule has 26 heavy (non-hydrogen) atoms. The van der Waals surface area contributed by atoms with E-state index in [9.17, 15) is 9.59 Å². The van der Waals surface area contributed by atoms with Crippen molar-refractivity contribution in [3.05, 3.63) is 42.4 Å². The molecule has 3 N–H and O–H groups in total. The van der Waals surface area contributed by atoms with E-state index in [-0.39, 0.29) is 5.91 Å².